The fourth-order valence-corrected chi connectivity index (χ4v) is 2.36. The molecule has 0 bridgehead atoms. The van der Waals surface area contributed by atoms with Gasteiger partial charge in [0.25, 0.3) is 0 Å². The summed E-state index contributed by atoms with van der Waals surface area (Å²) in [5, 5.41) is 8.45. The zero-order chi connectivity index (χ0) is 12.5. The maximum absolute atomic E-state index is 6.35. The Morgan fingerprint density at radius 2 is 2.22 bits per heavy atom. The zero-order valence-corrected chi connectivity index (χ0v) is 11.1. The van der Waals surface area contributed by atoms with Crippen LogP contribution < -0.4 is 5.32 Å². The third-order valence-electron chi connectivity index (χ3n) is 3.30. The molecule has 4 heteroatoms. The lowest BCUT2D eigenvalue weighted by molar-refractivity contribution is 0.688. The molecular formula is C14H16ClN3. The number of halogens is 1. The third-order valence-corrected chi connectivity index (χ3v) is 3.62. The van der Waals surface area contributed by atoms with Crippen molar-refractivity contribution in [3.05, 3.63) is 41.0 Å². The van der Waals surface area contributed by atoms with E-state index in [0.29, 0.717) is 0 Å². The number of aryl methyl sites for hydroxylation is 1. The van der Waals surface area contributed by atoms with Gasteiger partial charge in [-0.25, -0.2) is 0 Å². The number of nitrogens with zero attached hydrogens (tertiary/aromatic N) is 2. The highest BCUT2D eigenvalue weighted by molar-refractivity contribution is 6.33. The molecule has 3 rings (SSSR count). The van der Waals surface area contributed by atoms with E-state index in [1.54, 1.807) is 6.20 Å². The lowest BCUT2D eigenvalue weighted by atomic mass is 10.1. The molecule has 0 saturated heterocycles. The van der Waals surface area contributed by atoms with Gasteiger partial charge >= 0.3 is 0 Å². The second kappa shape index (κ2) is 4.75. The van der Waals surface area contributed by atoms with E-state index < -0.39 is 0 Å². The minimum absolute atomic E-state index is 0.723. The second-order valence-electron chi connectivity index (χ2n) is 4.81. The molecule has 1 aromatic carbocycles. The van der Waals surface area contributed by atoms with Crippen LogP contribution in [0.3, 0.4) is 0 Å². The predicted molar refractivity (Wildman–Crippen MR) is 73.5 cm³/mol. The van der Waals surface area contributed by atoms with Crippen molar-refractivity contribution in [1.29, 1.82) is 0 Å². The summed E-state index contributed by atoms with van der Waals surface area (Å²) in [6, 6.07) is 8.94. The van der Waals surface area contributed by atoms with Crippen LogP contribution in [0.15, 0.2) is 30.5 Å². The van der Waals surface area contributed by atoms with Gasteiger partial charge in [-0.2, -0.15) is 5.10 Å². The maximum Gasteiger partial charge on any atom is 0.0693 e. The highest BCUT2D eigenvalue weighted by Gasteiger charge is 2.20. The molecule has 94 valence electrons. The first-order chi connectivity index (χ1) is 8.74. The normalized spacial score (nSPS) is 15.0. The molecule has 18 heavy (non-hydrogen) atoms. The van der Waals surface area contributed by atoms with Crippen LogP contribution in [-0.4, -0.2) is 15.8 Å². The standard InChI is InChI=1S/C14H16ClN3/c1-18-14(6-7-17-18)12-5-2-10(8-13(12)15)9-16-11-3-4-11/h2,5-8,11,16H,3-4,9H2,1H3. The Kier molecular flexibility index (Phi) is 3.10. The van der Waals surface area contributed by atoms with Crippen LogP contribution in [0.5, 0.6) is 0 Å². The topological polar surface area (TPSA) is 29.9 Å². The fourth-order valence-electron chi connectivity index (χ4n) is 2.06. The predicted octanol–water partition coefficient (Wildman–Crippen LogP) is 2.99. The van der Waals surface area contributed by atoms with Crippen LogP contribution in [0.25, 0.3) is 11.3 Å². The lowest BCUT2D eigenvalue weighted by Gasteiger charge is -2.08. The van der Waals surface area contributed by atoms with Crippen LogP contribution in [0, 0.1) is 0 Å². The van der Waals surface area contributed by atoms with Crippen molar-refractivity contribution in [2.75, 3.05) is 0 Å². The van der Waals surface area contributed by atoms with Gasteiger partial charge in [0, 0.05) is 31.4 Å². The molecule has 2 aromatic rings. The molecule has 1 aromatic heterocycles. The number of rotatable bonds is 4. The number of aromatic nitrogens is 2. The molecule has 1 N–H and O–H groups in total. The fraction of sp³-hybridized carbons (Fsp3) is 0.357. The summed E-state index contributed by atoms with van der Waals surface area (Å²) >= 11 is 6.35. The van der Waals surface area contributed by atoms with Crippen molar-refractivity contribution in [1.82, 2.24) is 15.1 Å². The quantitative estimate of drug-likeness (QED) is 0.917. The molecule has 0 spiro atoms. The van der Waals surface area contributed by atoms with E-state index in [1.165, 1.54) is 18.4 Å². The van der Waals surface area contributed by atoms with Crippen LogP contribution in [0.4, 0.5) is 0 Å². The maximum atomic E-state index is 6.35. The second-order valence-corrected chi connectivity index (χ2v) is 5.22. The van der Waals surface area contributed by atoms with E-state index in [4.69, 9.17) is 11.6 Å². The van der Waals surface area contributed by atoms with Crippen LogP contribution in [0.1, 0.15) is 18.4 Å². The van der Waals surface area contributed by atoms with E-state index in [0.717, 1.165) is 28.9 Å². The smallest absolute Gasteiger partial charge is 0.0693 e. The van der Waals surface area contributed by atoms with Gasteiger partial charge < -0.3 is 5.32 Å². The summed E-state index contributed by atoms with van der Waals surface area (Å²) in [5.74, 6) is 0. The summed E-state index contributed by atoms with van der Waals surface area (Å²) in [7, 11) is 1.92. The highest BCUT2D eigenvalue weighted by Crippen LogP contribution is 2.28. The van der Waals surface area contributed by atoms with Gasteiger partial charge in [-0.3, -0.25) is 4.68 Å². The van der Waals surface area contributed by atoms with Crippen LogP contribution in [0.2, 0.25) is 5.02 Å². The van der Waals surface area contributed by atoms with Gasteiger partial charge in [-0.15, -0.1) is 0 Å². The Balaban J connectivity index is 1.82. The summed E-state index contributed by atoms with van der Waals surface area (Å²) in [4.78, 5) is 0. The molecular weight excluding hydrogens is 246 g/mol. The van der Waals surface area contributed by atoms with Crippen molar-refractivity contribution in [2.24, 2.45) is 7.05 Å². The van der Waals surface area contributed by atoms with Gasteiger partial charge in [0.05, 0.1) is 10.7 Å². The Morgan fingerprint density at radius 3 is 2.83 bits per heavy atom. The molecule has 1 aliphatic rings. The molecule has 0 unspecified atom stereocenters. The summed E-state index contributed by atoms with van der Waals surface area (Å²) in [6.07, 6.45) is 4.40. The van der Waals surface area contributed by atoms with Gasteiger partial charge in [0.1, 0.15) is 0 Å². The Hall–Kier alpha value is -1.32. The van der Waals surface area contributed by atoms with E-state index in [1.807, 2.05) is 23.9 Å². The van der Waals surface area contributed by atoms with Crippen molar-refractivity contribution < 1.29 is 0 Å². The monoisotopic (exact) mass is 261 g/mol. The van der Waals surface area contributed by atoms with Crippen molar-refractivity contribution in [2.45, 2.75) is 25.4 Å². The molecule has 1 saturated carbocycles. The minimum Gasteiger partial charge on any atom is -0.310 e. The molecule has 1 heterocycles. The first-order valence-electron chi connectivity index (χ1n) is 6.24. The largest absolute Gasteiger partial charge is 0.310 e. The average molecular weight is 262 g/mol. The van der Waals surface area contributed by atoms with Gasteiger partial charge in [-0.05, 0) is 30.5 Å². The minimum atomic E-state index is 0.723. The van der Waals surface area contributed by atoms with Gasteiger partial charge in [0.15, 0.2) is 0 Å². The lowest BCUT2D eigenvalue weighted by Crippen LogP contribution is -2.15. The van der Waals surface area contributed by atoms with Crippen LogP contribution in [-0.2, 0) is 13.6 Å². The third kappa shape index (κ3) is 2.42. The molecule has 3 nitrogen and oxygen atoms in total. The Morgan fingerprint density at radius 1 is 1.39 bits per heavy atom. The molecule has 1 aliphatic carbocycles. The first kappa shape index (κ1) is 11.8. The summed E-state index contributed by atoms with van der Waals surface area (Å²) < 4.78 is 1.84. The number of nitrogens with one attached hydrogen (secondary N) is 1. The van der Waals surface area contributed by atoms with Crippen molar-refractivity contribution >= 4 is 11.6 Å². The molecule has 0 aliphatic heterocycles. The van der Waals surface area contributed by atoms with Crippen molar-refractivity contribution in [3.8, 4) is 11.3 Å². The van der Waals surface area contributed by atoms with Gasteiger partial charge in [0.2, 0.25) is 0 Å². The first-order valence-corrected chi connectivity index (χ1v) is 6.62. The zero-order valence-electron chi connectivity index (χ0n) is 10.4. The number of benzene rings is 1. The summed E-state index contributed by atoms with van der Waals surface area (Å²) in [5.41, 5.74) is 3.31. The Labute approximate surface area is 112 Å². The summed E-state index contributed by atoms with van der Waals surface area (Å²) in [6.45, 7) is 0.899. The molecule has 0 amide bonds. The van der Waals surface area contributed by atoms with E-state index >= 15 is 0 Å². The SMILES string of the molecule is Cn1nccc1-c1ccc(CNC2CC2)cc1Cl. The Bertz CT molecular complexity index is 558. The highest BCUT2D eigenvalue weighted by atomic mass is 35.5. The number of hydrogen-bond acceptors (Lipinski definition) is 2. The molecule has 0 radical (unpaired) electrons. The van der Waals surface area contributed by atoms with Crippen molar-refractivity contribution in [3.63, 3.8) is 0 Å². The van der Waals surface area contributed by atoms with E-state index in [2.05, 4.69) is 22.5 Å². The average Bonchev–Trinajstić information content (AvgIpc) is 3.09. The van der Waals surface area contributed by atoms with E-state index in [9.17, 15) is 0 Å². The molecule has 0 atom stereocenters. The van der Waals surface area contributed by atoms with Crippen LogP contribution >= 0.6 is 11.6 Å². The van der Waals surface area contributed by atoms with Gasteiger partial charge in [-0.1, -0.05) is 23.7 Å². The molecule has 1 fully saturated rings. The van der Waals surface area contributed by atoms with E-state index in [-0.39, 0.29) is 0 Å². The number of hydrogen-bond donors (Lipinski definition) is 1.